The zero-order chi connectivity index (χ0) is 32.0. The summed E-state index contributed by atoms with van der Waals surface area (Å²) in [6, 6.07) is 6.17. The summed E-state index contributed by atoms with van der Waals surface area (Å²) in [5.41, 5.74) is -0.407. The van der Waals surface area contributed by atoms with Gasteiger partial charge in [0.05, 0.1) is 16.5 Å². The van der Waals surface area contributed by atoms with Gasteiger partial charge >= 0.3 is 17.9 Å². The smallest absolute Gasteiger partial charge is 0.339 e. The number of ketones is 1. The first-order valence-corrected chi connectivity index (χ1v) is 16.5. The minimum Gasteiger partial charge on any atom is -0.481 e. The molecule has 0 aliphatic heterocycles. The van der Waals surface area contributed by atoms with E-state index in [1.54, 1.807) is 12.1 Å². The molecule has 9 atom stereocenters. The molecular formula is C37H48O7. The summed E-state index contributed by atoms with van der Waals surface area (Å²) in [7, 11) is 0. The Labute approximate surface area is 260 Å². The SMILES string of the molecule is CC1(C(=O)O)CCC2(C)CCC3C(=CC(=O)C4[C@@]3(C)CCC3C(C)(C)[C@@H](OC(=O)c5ccccc5C(=O)O)CC[C@@]34C)C2C1. The van der Waals surface area contributed by atoms with Crippen LogP contribution in [0.15, 0.2) is 35.9 Å². The predicted octanol–water partition coefficient (Wildman–Crippen LogP) is 7.59. The van der Waals surface area contributed by atoms with Gasteiger partial charge in [-0.1, -0.05) is 52.3 Å². The third-order valence-corrected chi connectivity index (χ3v) is 13.8. The number of carbonyl (C=O) groups is 4. The summed E-state index contributed by atoms with van der Waals surface area (Å²) in [5.74, 6) is -1.93. The lowest BCUT2D eigenvalue weighted by molar-refractivity contribution is -0.189. The summed E-state index contributed by atoms with van der Waals surface area (Å²) in [6.45, 7) is 13.1. The Kier molecular flexibility index (Phi) is 7.07. The number of esters is 1. The number of carboxylic acids is 2. The number of hydrogen-bond donors (Lipinski definition) is 2. The molecule has 7 nitrogen and oxygen atoms in total. The molecule has 44 heavy (non-hydrogen) atoms. The standard InChI is InChI=1S/C37H48O7/c1-33(2)27-12-15-36(5)24-11-14-34(3)17-18-35(4,32(42)43)20-25(34)23(24)19-26(38)29(36)37(27,6)16-13-28(33)44-31(41)22-10-8-7-9-21(22)30(39)40/h7-10,19,24-25,27-29H,11-18,20H2,1-6H3,(H,39,40)(H,42,43)/t24?,25?,27?,28-,29?,34?,35?,36-,37-/m0/s1. The summed E-state index contributed by atoms with van der Waals surface area (Å²) in [4.78, 5) is 51.8. The van der Waals surface area contributed by atoms with E-state index in [1.807, 2.05) is 13.0 Å². The Morgan fingerprint density at radius 3 is 2.11 bits per heavy atom. The molecule has 0 saturated heterocycles. The van der Waals surface area contributed by atoms with Crippen LogP contribution in [0.3, 0.4) is 0 Å². The van der Waals surface area contributed by atoms with Crippen molar-refractivity contribution in [2.45, 2.75) is 105 Å². The van der Waals surface area contributed by atoms with Gasteiger partial charge in [-0.2, -0.15) is 0 Å². The van der Waals surface area contributed by atoms with Crippen LogP contribution in [0.2, 0.25) is 0 Å². The van der Waals surface area contributed by atoms with Crippen molar-refractivity contribution in [2.24, 2.45) is 50.7 Å². The van der Waals surface area contributed by atoms with E-state index in [1.165, 1.54) is 17.7 Å². The van der Waals surface area contributed by atoms with Crippen LogP contribution in [0.25, 0.3) is 0 Å². The van der Waals surface area contributed by atoms with Gasteiger partial charge in [-0.3, -0.25) is 9.59 Å². The highest BCUT2D eigenvalue weighted by Gasteiger charge is 2.67. The van der Waals surface area contributed by atoms with Crippen molar-refractivity contribution in [1.29, 1.82) is 0 Å². The van der Waals surface area contributed by atoms with Gasteiger partial charge in [-0.15, -0.1) is 0 Å². The molecular weight excluding hydrogens is 556 g/mol. The molecule has 1 aromatic carbocycles. The van der Waals surface area contributed by atoms with E-state index in [2.05, 4.69) is 34.6 Å². The number of fused-ring (bicyclic) bond motifs is 7. The van der Waals surface area contributed by atoms with Crippen molar-refractivity contribution in [2.75, 3.05) is 0 Å². The molecule has 2 N–H and O–H groups in total. The summed E-state index contributed by atoms with van der Waals surface area (Å²) in [5, 5.41) is 19.7. The average Bonchev–Trinajstić information content (AvgIpc) is 2.94. The number of allylic oxidation sites excluding steroid dienone is 2. The van der Waals surface area contributed by atoms with Crippen molar-refractivity contribution in [3.05, 3.63) is 47.0 Å². The van der Waals surface area contributed by atoms with Crippen LogP contribution in [0.5, 0.6) is 0 Å². The van der Waals surface area contributed by atoms with Gasteiger partial charge in [0.1, 0.15) is 6.10 Å². The second-order valence-electron chi connectivity index (χ2n) is 16.6. The summed E-state index contributed by atoms with van der Waals surface area (Å²) in [6.07, 6.45) is 9.01. The van der Waals surface area contributed by atoms with E-state index in [0.717, 1.165) is 38.5 Å². The maximum Gasteiger partial charge on any atom is 0.339 e. The van der Waals surface area contributed by atoms with Crippen molar-refractivity contribution in [3.8, 4) is 0 Å². The van der Waals surface area contributed by atoms with Gasteiger partial charge in [-0.05, 0) is 117 Å². The minimum absolute atomic E-state index is 0.0328. The van der Waals surface area contributed by atoms with Gasteiger partial charge in [0.25, 0.3) is 0 Å². The zero-order valence-corrected chi connectivity index (χ0v) is 27.1. The first-order valence-electron chi connectivity index (χ1n) is 16.5. The van der Waals surface area contributed by atoms with Gasteiger partial charge in [-0.25, -0.2) is 9.59 Å². The molecule has 0 heterocycles. The molecule has 0 radical (unpaired) electrons. The lowest BCUT2D eigenvalue weighted by Crippen LogP contribution is -2.64. The van der Waals surface area contributed by atoms with Crippen LogP contribution in [-0.2, 0) is 14.3 Å². The fourth-order valence-electron chi connectivity index (χ4n) is 11.3. The summed E-state index contributed by atoms with van der Waals surface area (Å²) >= 11 is 0. The van der Waals surface area contributed by atoms with E-state index >= 15 is 0 Å². The number of carboxylic acid groups (broad SMARTS) is 2. The molecule has 4 fully saturated rings. The average molecular weight is 605 g/mol. The number of rotatable bonds is 4. The Hall–Kier alpha value is -2.96. The molecule has 238 valence electrons. The lowest BCUT2D eigenvalue weighted by Gasteiger charge is -2.67. The van der Waals surface area contributed by atoms with E-state index in [9.17, 15) is 29.4 Å². The summed E-state index contributed by atoms with van der Waals surface area (Å²) < 4.78 is 6.11. The van der Waals surface area contributed by atoms with Crippen LogP contribution in [-0.4, -0.2) is 40.0 Å². The Balaban J connectivity index is 1.30. The second kappa shape index (κ2) is 10.0. The number of aliphatic carboxylic acids is 1. The molecule has 0 bridgehead atoms. The molecule has 7 heteroatoms. The predicted molar refractivity (Wildman–Crippen MR) is 165 cm³/mol. The van der Waals surface area contributed by atoms with Gasteiger partial charge < -0.3 is 14.9 Å². The molecule has 1 aromatic rings. The lowest BCUT2D eigenvalue weighted by atomic mass is 9.37. The van der Waals surface area contributed by atoms with Crippen LogP contribution in [0.1, 0.15) is 120 Å². The minimum atomic E-state index is -1.16. The molecule has 4 saturated carbocycles. The van der Waals surface area contributed by atoms with E-state index in [-0.39, 0.29) is 56.8 Å². The molecule has 0 spiro atoms. The topological polar surface area (TPSA) is 118 Å². The molecule has 6 unspecified atom stereocenters. The first kappa shape index (κ1) is 31.0. The fraction of sp³-hybridized carbons (Fsp3) is 0.676. The molecule has 0 amide bonds. The van der Waals surface area contributed by atoms with Crippen molar-refractivity contribution >= 4 is 23.7 Å². The van der Waals surface area contributed by atoms with E-state index in [4.69, 9.17) is 4.74 Å². The number of ether oxygens (including phenoxy) is 1. The van der Waals surface area contributed by atoms with Crippen LogP contribution >= 0.6 is 0 Å². The molecule has 0 aromatic heterocycles. The maximum absolute atomic E-state index is 14.4. The second-order valence-corrected chi connectivity index (χ2v) is 16.6. The highest BCUT2D eigenvalue weighted by Crippen LogP contribution is 2.71. The Morgan fingerprint density at radius 2 is 1.45 bits per heavy atom. The van der Waals surface area contributed by atoms with Crippen LogP contribution < -0.4 is 0 Å². The number of hydrogen-bond acceptors (Lipinski definition) is 5. The van der Waals surface area contributed by atoms with Crippen molar-refractivity contribution in [3.63, 3.8) is 0 Å². The van der Waals surface area contributed by atoms with Gasteiger partial charge in [0, 0.05) is 11.3 Å². The monoisotopic (exact) mass is 604 g/mol. The first-order chi connectivity index (χ1) is 20.5. The third-order valence-electron chi connectivity index (χ3n) is 13.8. The normalized spacial score (nSPS) is 42.5. The maximum atomic E-state index is 14.4. The molecule has 5 aliphatic rings. The van der Waals surface area contributed by atoms with Gasteiger partial charge in [0.15, 0.2) is 5.78 Å². The van der Waals surface area contributed by atoms with Crippen LogP contribution in [0, 0.1) is 50.7 Å². The van der Waals surface area contributed by atoms with Gasteiger partial charge in [0.2, 0.25) is 0 Å². The zero-order valence-electron chi connectivity index (χ0n) is 27.1. The Bertz CT molecular complexity index is 1460. The van der Waals surface area contributed by atoms with Crippen molar-refractivity contribution in [1.82, 2.24) is 0 Å². The molecule has 5 aliphatic carbocycles. The third kappa shape index (κ3) is 4.34. The Morgan fingerprint density at radius 1 is 0.795 bits per heavy atom. The number of benzene rings is 1. The fourth-order valence-corrected chi connectivity index (χ4v) is 11.3. The molecule has 6 rings (SSSR count). The largest absolute Gasteiger partial charge is 0.481 e. The highest BCUT2D eigenvalue weighted by molar-refractivity contribution is 6.02. The quantitative estimate of drug-likeness (QED) is 0.340. The van der Waals surface area contributed by atoms with Crippen molar-refractivity contribution < 1.29 is 34.1 Å². The van der Waals surface area contributed by atoms with E-state index in [0.29, 0.717) is 19.3 Å². The number of carbonyl (C=O) groups excluding carboxylic acids is 2. The van der Waals surface area contributed by atoms with E-state index < -0.39 is 34.8 Å². The number of aromatic carboxylic acids is 1. The highest BCUT2D eigenvalue weighted by atomic mass is 16.5. The van der Waals surface area contributed by atoms with Crippen LogP contribution in [0.4, 0.5) is 0 Å².